The Kier molecular flexibility index (Phi) is 3.99. The summed E-state index contributed by atoms with van der Waals surface area (Å²) in [6.45, 7) is 0.792. The second-order valence-electron chi connectivity index (χ2n) is 3.97. The Balaban J connectivity index is 1.90. The first-order chi connectivity index (χ1) is 8.65. The van der Waals surface area contributed by atoms with Crippen molar-refractivity contribution in [3.63, 3.8) is 0 Å². The summed E-state index contributed by atoms with van der Waals surface area (Å²) >= 11 is 0. The van der Waals surface area contributed by atoms with Crippen LogP contribution in [0.2, 0.25) is 0 Å². The maximum atomic E-state index is 13.3. The van der Waals surface area contributed by atoms with Crippen molar-refractivity contribution in [2.24, 2.45) is 0 Å². The minimum Gasteiger partial charge on any atom is -0.309 e. The van der Waals surface area contributed by atoms with Gasteiger partial charge in [-0.25, -0.2) is 13.2 Å². The molecule has 0 unspecified atom stereocenters. The lowest BCUT2D eigenvalue weighted by molar-refractivity contribution is 0.560. The van der Waals surface area contributed by atoms with Crippen LogP contribution in [0.15, 0.2) is 42.5 Å². The Morgan fingerprint density at radius 1 is 0.778 bits per heavy atom. The van der Waals surface area contributed by atoms with E-state index in [9.17, 15) is 13.2 Å². The van der Waals surface area contributed by atoms with E-state index in [1.807, 2.05) is 0 Å². The van der Waals surface area contributed by atoms with E-state index < -0.39 is 11.6 Å². The first-order valence-corrected chi connectivity index (χ1v) is 5.54. The SMILES string of the molecule is Fc1ccc(CNCc2ccc(F)cc2F)cc1. The number of benzene rings is 2. The van der Waals surface area contributed by atoms with Crippen LogP contribution in [0.5, 0.6) is 0 Å². The highest BCUT2D eigenvalue weighted by molar-refractivity contribution is 5.19. The highest BCUT2D eigenvalue weighted by atomic mass is 19.1. The Morgan fingerprint density at radius 2 is 1.44 bits per heavy atom. The second kappa shape index (κ2) is 5.69. The van der Waals surface area contributed by atoms with Gasteiger partial charge in [0.2, 0.25) is 0 Å². The summed E-state index contributed by atoms with van der Waals surface area (Å²) in [4.78, 5) is 0. The summed E-state index contributed by atoms with van der Waals surface area (Å²) < 4.78 is 38.6. The van der Waals surface area contributed by atoms with Crippen molar-refractivity contribution in [1.82, 2.24) is 5.32 Å². The van der Waals surface area contributed by atoms with Crippen molar-refractivity contribution in [2.75, 3.05) is 0 Å². The topological polar surface area (TPSA) is 12.0 Å². The Labute approximate surface area is 103 Å². The van der Waals surface area contributed by atoms with Crippen LogP contribution in [-0.2, 0) is 13.1 Å². The van der Waals surface area contributed by atoms with E-state index in [4.69, 9.17) is 0 Å². The van der Waals surface area contributed by atoms with Crippen LogP contribution in [0.3, 0.4) is 0 Å². The summed E-state index contributed by atoms with van der Waals surface area (Å²) in [5.41, 5.74) is 1.30. The largest absolute Gasteiger partial charge is 0.309 e. The third kappa shape index (κ3) is 3.34. The lowest BCUT2D eigenvalue weighted by Gasteiger charge is -2.06. The van der Waals surface area contributed by atoms with Gasteiger partial charge in [0.1, 0.15) is 17.5 Å². The van der Waals surface area contributed by atoms with Gasteiger partial charge in [-0.3, -0.25) is 0 Å². The second-order valence-corrected chi connectivity index (χ2v) is 3.97. The number of halogens is 3. The van der Waals surface area contributed by atoms with Crippen molar-refractivity contribution >= 4 is 0 Å². The molecule has 2 aromatic rings. The summed E-state index contributed by atoms with van der Waals surface area (Å²) in [5, 5.41) is 3.01. The van der Waals surface area contributed by atoms with E-state index in [0.717, 1.165) is 11.6 Å². The van der Waals surface area contributed by atoms with Gasteiger partial charge in [0.15, 0.2) is 0 Å². The molecule has 18 heavy (non-hydrogen) atoms. The summed E-state index contributed by atoms with van der Waals surface area (Å²) in [7, 11) is 0. The molecule has 0 aliphatic heterocycles. The third-order valence-corrected chi connectivity index (χ3v) is 2.57. The fraction of sp³-hybridized carbons (Fsp3) is 0.143. The molecule has 0 aliphatic carbocycles. The summed E-state index contributed by atoms with van der Waals surface area (Å²) in [6, 6.07) is 9.53. The molecule has 0 bridgehead atoms. The fourth-order valence-electron chi connectivity index (χ4n) is 1.61. The minimum atomic E-state index is -0.588. The van der Waals surface area contributed by atoms with Gasteiger partial charge in [-0.2, -0.15) is 0 Å². The Bertz CT molecular complexity index is 523. The molecule has 0 heterocycles. The molecule has 2 rings (SSSR count). The van der Waals surface area contributed by atoms with Crippen molar-refractivity contribution in [2.45, 2.75) is 13.1 Å². The molecule has 1 N–H and O–H groups in total. The van der Waals surface area contributed by atoms with Crippen molar-refractivity contribution in [3.05, 3.63) is 71.0 Å². The van der Waals surface area contributed by atoms with Gasteiger partial charge in [-0.15, -0.1) is 0 Å². The average molecular weight is 251 g/mol. The van der Waals surface area contributed by atoms with Crippen LogP contribution in [0.25, 0.3) is 0 Å². The molecule has 0 amide bonds. The normalized spacial score (nSPS) is 10.6. The molecule has 4 heteroatoms. The lowest BCUT2D eigenvalue weighted by Crippen LogP contribution is -2.13. The van der Waals surface area contributed by atoms with Gasteiger partial charge in [-0.05, 0) is 23.8 Å². The molecule has 0 spiro atoms. The zero-order valence-electron chi connectivity index (χ0n) is 9.59. The number of hydrogen-bond donors (Lipinski definition) is 1. The molecule has 2 aromatic carbocycles. The van der Waals surface area contributed by atoms with Gasteiger partial charge in [0.05, 0.1) is 0 Å². The van der Waals surface area contributed by atoms with Crippen molar-refractivity contribution < 1.29 is 13.2 Å². The molecule has 94 valence electrons. The standard InChI is InChI=1S/C14H12F3N/c15-12-4-1-10(2-5-12)8-18-9-11-3-6-13(16)7-14(11)17/h1-7,18H,8-9H2. The molecule has 0 radical (unpaired) electrons. The maximum Gasteiger partial charge on any atom is 0.130 e. The van der Waals surface area contributed by atoms with Gasteiger partial charge in [-0.1, -0.05) is 18.2 Å². The quantitative estimate of drug-likeness (QED) is 0.878. The van der Waals surface area contributed by atoms with E-state index in [2.05, 4.69) is 5.32 Å². The van der Waals surface area contributed by atoms with Crippen LogP contribution >= 0.6 is 0 Å². The monoisotopic (exact) mass is 251 g/mol. The van der Waals surface area contributed by atoms with Crippen molar-refractivity contribution in [3.8, 4) is 0 Å². The van der Waals surface area contributed by atoms with Gasteiger partial charge < -0.3 is 5.32 Å². The van der Waals surface area contributed by atoms with Crippen LogP contribution in [0, 0.1) is 17.5 Å². The van der Waals surface area contributed by atoms with Crippen LogP contribution in [0.1, 0.15) is 11.1 Å². The number of rotatable bonds is 4. The van der Waals surface area contributed by atoms with E-state index >= 15 is 0 Å². The summed E-state index contributed by atoms with van der Waals surface area (Å²) in [5.74, 6) is -1.44. The fourth-order valence-corrected chi connectivity index (χ4v) is 1.61. The first-order valence-electron chi connectivity index (χ1n) is 5.54. The lowest BCUT2D eigenvalue weighted by atomic mass is 10.2. The molecule has 0 aromatic heterocycles. The van der Waals surface area contributed by atoms with E-state index in [0.29, 0.717) is 18.7 Å². The molecule has 1 nitrogen and oxygen atoms in total. The smallest absolute Gasteiger partial charge is 0.130 e. The number of hydrogen-bond acceptors (Lipinski definition) is 1. The van der Waals surface area contributed by atoms with E-state index in [1.165, 1.54) is 24.3 Å². The van der Waals surface area contributed by atoms with Crippen LogP contribution < -0.4 is 5.32 Å². The highest BCUT2D eigenvalue weighted by Gasteiger charge is 2.03. The first kappa shape index (κ1) is 12.6. The predicted octanol–water partition coefficient (Wildman–Crippen LogP) is 3.39. The number of nitrogens with one attached hydrogen (secondary N) is 1. The van der Waals surface area contributed by atoms with Gasteiger partial charge in [0.25, 0.3) is 0 Å². The molecule has 0 fully saturated rings. The van der Waals surface area contributed by atoms with E-state index in [-0.39, 0.29) is 5.82 Å². The third-order valence-electron chi connectivity index (χ3n) is 2.57. The zero-order chi connectivity index (χ0) is 13.0. The molecular weight excluding hydrogens is 239 g/mol. The van der Waals surface area contributed by atoms with Crippen LogP contribution in [-0.4, -0.2) is 0 Å². The molecular formula is C14H12F3N. The highest BCUT2D eigenvalue weighted by Crippen LogP contribution is 2.09. The molecule has 0 saturated carbocycles. The average Bonchev–Trinajstić information content (AvgIpc) is 2.34. The molecule has 0 atom stereocenters. The minimum absolute atomic E-state index is 0.289. The van der Waals surface area contributed by atoms with Crippen molar-refractivity contribution in [1.29, 1.82) is 0 Å². The van der Waals surface area contributed by atoms with E-state index in [1.54, 1.807) is 12.1 Å². The summed E-state index contributed by atoms with van der Waals surface area (Å²) in [6.07, 6.45) is 0. The molecule has 0 aliphatic rings. The molecule has 0 saturated heterocycles. The van der Waals surface area contributed by atoms with Gasteiger partial charge >= 0.3 is 0 Å². The van der Waals surface area contributed by atoms with Gasteiger partial charge in [0, 0.05) is 24.7 Å². The zero-order valence-corrected chi connectivity index (χ0v) is 9.59. The Morgan fingerprint density at radius 3 is 2.11 bits per heavy atom. The predicted molar refractivity (Wildman–Crippen MR) is 63.3 cm³/mol. The van der Waals surface area contributed by atoms with Crippen LogP contribution in [0.4, 0.5) is 13.2 Å². The Hall–Kier alpha value is -1.81. The maximum absolute atomic E-state index is 13.3.